The molecule has 35 heavy (non-hydrogen) atoms. The number of carboxylic acid groups (broad SMARTS) is 3. The molecule has 3 heterocycles. The molecule has 0 aliphatic rings. The first kappa shape index (κ1) is 43.5. The van der Waals surface area contributed by atoms with Crippen molar-refractivity contribution in [3.8, 4) is 0 Å². The molecule has 0 atom stereocenters. The number of aromatic nitrogens is 3. The van der Waals surface area contributed by atoms with E-state index in [-0.39, 0.29) is 76.8 Å². The summed E-state index contributed by atoms with van der Waals surface area (Å²) in [5.74, 6) is -3.64. The minimum Gasteiger partial charge on any atom is -0.545 e. The molecular formula is C18H21Br3DyN3O10+4. The van der Waals surface area contributed by atoms with Crippen LogP contribution in [0.25, 0.3) is 0 Å². The topological polar surface area (TPSA) is 291 Å². The third-order valence-electron chi connectivity index (χ3n) is 2.82. The molecule has 0 fully saturated rings. The molecule has 0 unspecified atom stereocenters. The van der Waals surface area contributed by atoms with Crippen LogP contribution in [-0.2, 0) is 21.9 Å². The summed E-state index contributed by atoms with van der Waals surface area (Å²) in [5.41, 5.74) is 0.234. The van der Waals surface area contributed by atoms with Gasteiger partial charge in [0.2, 0.25) is 0 Å². The Kier molecular flexibility index (Phi) is 28.4. The van der Waals surface area contributed by atoms with Crippen molar-refractivity contribution in [1.82, 2.24) is 15.0 Å². The van der Waals surface area contributed by atoms with E-state index in [1.54, 1.807) is 0 Å². The Morgan fingerprint density at radius 3 is 0.829 bits per heavy atom. The summed E-state index contributed by atoms with van der Waals surface area (Å²) in [5, 5.41) is 30.5. The van der Waals surface area contributed by atoms with Crippen LogP contribution in [0.4, 0.5) is 0 Å². The van der Waals surface area contributed by atoms with Crippen molar-refractivity contribution < 1.29 is 89.8 Å². The Labute approximate surface area is 253 Å². The van der Waals surface area contributed by atoms with E-state index in [9.17, 15) is 29.7 Å². The number of carboxylic acids is 3. The Bertz CT molecular complexity index is 932. The maximum Gasteiger partial charge on any atom is 3.00 e. The van der Waals surface area contributed by atoms with Crippen LogP contribution < -0.4 is 15.3 Å². The predicted molar refractivity (Wildman–Crippen MR) is 128 cm³/mol. The van der Waals surface area contributed by atoms with Crippen LogP contribution in [0.3, 0.4) is 0 Å². The predicted octanol–water partition coefficient (Wildman–Crippen LogP) is -3.06. The molecule has 0 spiro atoms. The van der Waals surface area contributed by atoms with E-state index < -0.39 is 17.9 Å². The van der Waals surface area contributed by atoms with Gasteiger partial charge < -0.3 is 51.6 Å². The average Bonchev–Trinajstić information content (AvgIpc) is 2.69. The molecule has 3 aromatic heterocycles. The van der Waals surface area contributed by atoms with Crippen molar-refractivity contribution in [2.45, 2.75) is 0 Å². The normalized spacial score (nSPS) is 7.97. The van der Waals surface area contributed by atoms with E-state index in [4.69, 9.17) is 0 Å². The molecule has 0 amide bonds. The second kappa shape index (κ2) is 22.9. The van der Waals surface area contributed by atoms with E-state index in [2.05, 4.69) is 62.7 Å². The first-order chi connectivity index (χ1) is 14.1. The molecule has 0 saturated carbocycles. The van der Waals surface area contributed by atoms with Crippen molar-refractivity contribution in [3.63, 3.8) is 0 Å². The second-order valence-corrected chi connectivity index (χ2v) is 7.78. The van der Waals surface area contributed by atoms with Gasteiger partial charge in [0, 0.05) is 67.3 Å². The molecular weight excluding hydrogens is 820 g/mol. The number of aromatic carboxylic acids is 3. The molecule has 0 bridgehead atoms. The monoisotopic (exact) mass is 840 g/mol. The summed E-state index contributed by atoms with van der Waals surface area (Å²) in [6, 6.07) is 4.30. The van der Waals surface area contributed by atoms with E-state index >= 15 is 0 Å². The smallest absolute Gasteiger partial charge is 0.545 e. The van der Waals surface area contributed by atoms with Gasteiger partial charge in [0.15, 0.2) is 0 Å². The van der Waals surface area contributed by atoms with Crippen molar-refractivity contribution >= 4 is 65.7 Å². The van der Waals surface area contributed by atoms with E-state index in [0.29, 0.717) is 13.4 Å². The van der Waals surface area contributed by atoms with Crippen molar-refractivity contribution in [2.24, 2.45) is 0 Å². The molecule has 3 aromatic rings. The number of carbonyl (C=O) groups is 3. The minimum atomic E-state index is -1.21. The average molecular weight is 842 g/mol. The standard InChI is InChI=1S/3C6H4BrNO2.Dy.4H2O/c3*7-5-1-4(6(9)10)2-8-3-5;;;;;/h3*1-3H,(H,9,10);;4*1H2/q;;;+3;;;;/p+1. The van der Waals surface area contributed by atoms with Gasteiger partial charge in [-0.1, -0.05) is 0 Å². The quantitative estimate of drug-likeness (QED) is 0.242. The zero-order valence-corrected chi connectivity index (χ0v) is 24.0. The maximum absolute atomic E-state index is 10.2. The van der Waals surface area contributed by atoms with Crippen LogP contribution in [0, 0.1) is 38.2 Å². The van der Waals surface area contributed by atoms with E-state index in [1.807, 2.05) is 0 Å². The zero-order valence-electron chi connectivity index (χ0n) is 17.2. The SMILES string of the molecule is O=C([O-])c1cncc(Br)c1.O=C([O-])c1cncc(Br)c1.O=C([O-])c1cncc(Br)c1.[Dy+3].[OH3+].[OH3+].[OH3+].[OH3+]. The van der Waals surface area contributed by atoms with Crippen LogP contribution in [0.1, 0.15) is 31.1 Å². The number of hydrogen-bond acceptors (Lipinski definition) is 9. The minimum absolute atomic E-state index is 0. The summed E-state index contributed by atoms with van der Waals surface area (Å²) < 4.78 is 1.90. The van der Waals surface area contributed by atoms with Gasteiger partial charge in [0.1, 0.15) is 0 Å². The molecule has 13 nitrogen and oxygen atoms in total. The van der Waals surface area contributed by atoms with Crippen LogP contribution in [0.5, 0.6) is 0 Å². The van der Waals surface area contributed by atoms with Gasteiger partial charge in [0.05, 0.1) is 17.9 Å². The second-order valence-electron chi connectivity index (χ2n) is 5.04. The fourth-order valence-electron chi connectivity index (χ4n) is 1.57. The van der Waals surface area contributed by atoms with Crippen LogP contribution in [0.15, 0.2) is 68.8 Å². The number of carbonyl (C=O) groups excluding carboxylic acids is 3. The largest absolute Gasteiger partial charge is 3.00 e. The molecule has 12 N–H and O–H groups in total. The number of hydrogen-bond donors (Lipinski definition) is 0. The Balaban J connectivity index is -0.000000120. The summed E-state index contributed by atoms with van der Waals surface area (Å²) >= 11 is 9.23. The van der Waals surface area contributed by atoms with Crippen molar-refractivity contribution in [1.29, 1.82) is 0 Å². The zero-order chi connectivity index (χ0) is 22.7. The number of rotatable bonds is 3. The van der Waals surface area contributed by atoms with Crippen molar-refractivity contribution in [3.05, 3.63) is 85.5 Å². The Morgan fingerprint density at radius 2 is 0.714 bits per heavy atom. The summed E-state index contributed by atoms with van der Waals surface area (Å²) in [7, 11) is 0. The third kappa shape index (κ3) is 18.4. The van der Waals surface area contributed by atoms with E-state index in [0.717, 1.165) is 0 Å². The fourth-order valence-corrected chi connectivity index (χ4v) is 2.66. The molecule has 195 valence electrons. The molecule has 0 saturated heterocycles. The van der Waals surface area contributed by atoms with Crippen LogP contribution in [0.2, 0.25) is 0 Å². The maximum atomic E-state index is 10.2. The first-order valence-corrected chi connectivity index (χ1v) is 9.93. The van der Waals surface area contributed by atoms with Gasteiger partial charge in [-0.3, -0.25) is 15.0 Å². The number of halogens is 3. The van der Waals surface area contributed by atoms with Crippen LogP contribution in [-0.4, -0.2) is 32.9 Å². The van der Waals surface area contributed by atoms with Gasteiger partial charge in [-0.15, -0.1) is 0 Å². The molecule has 1 radical (unpaired) electrons. The Hall–Kier alpha value is -1.59. The summed E-state index contributed by atoms with van der Waals surface area (Å²) in [6.07, 6.45) is 8.23. The summed E-state index contributed by atoms with van der Waals surface area (Å²) in [6.45, 7) is 0. The van der Waals surface area contributed by atoms with Gasteiger partial charge in [-0.05, 0) is 66.0 Å². The number of pyridine rings is 3. The molecule has 0 aliphatic heterocycles. The first-order valence-electron chi connectivity index (χ1n) is 7.55. The van der Waals surface area contributed by atoms with Gasteiger partial charge in [-0.25, -0.2) is 0 Å². The molecule has 17 heteroatoms. The van der Waals surface area contributed by atoms with Crippen LogP contribution >= 0.6 is 47.8 Å². The summed E-state index contributed by atoms with van der Waals surface area (Å²) in [4.78, 5) is 41.5. The number of nitrogens with zero attached hydrogens (tertiary/aromatic N) is 3. The van der Waals surface area contributed by atoms with Gasteiger partial charge in [0.25, 0.3) is 0 Å². The van der Waals surface area contributed by atoms with E-state index in [1.165, 1.54) is 55.4 Å². The van der Waals surface area contributed by atoms with Crippen molar-refractivity contribution in [2.75, 3.05) is 0 Å². The van der Waals surface area contributed by atoms with Gasteiger partial charge in [-0.2, -0.15) is 0 Å². The molecule has 3 rings (SSSR count). The Morgan fingerprint density at radius 1 is 0.514 bits per heavy atom. The van der Waals surface area contributed by atoms with Gasteiger partial charge >= 0.3 is 38.2 Å². The molecule has 0 aromatic carbocycles. The third-order valence-corrected chi connectivity index (χ3v) is 4.12. The molecule has 0 aliphatic carbocycles. The fraction of sp³-hybridized carbons (Fsp3) is 0.